The van der Waals surface area contributed by atoms with Crippen LogP contribution in [0.3, 0.4) is 0 Å². The predicted molar refractivity (Wildman–Crippen MR) is 271 cm³/mol. The molecule has 0 saturated heterocycles. The highest BCUT2D eigenvalue weighted by Gasteiger charge is 2.46. The summed E-state index contributed by atoms with van der Waals surface area (Å²) in [7, 11) is 0. The Labute approximate surface area is 376 Å². The van der Waals surface area contributed by atoms with E-state index in [0.29, 0.717) is 0 Å². The van der Waals surface area contributed by atoms with Crippen molar-refractivity contribution in [1.29, 1.82) is 0 Å². The maximum absolute atomic E-state index is 2.60. The van der Waals surface area contributed by atoms with Gasteiger partial charge in [-0.3, -0.25) is 0 Å². The maximum atomic E-state index is 2.60. The number of para-hydroxylation sites is 2. The van der Waals surface area contributed by atoms with Crippen LogP contribution in [0.2, 0.25) is 0 Å². The van der Waals surface area contributed by atoms with Crippen molar-refractivity contribution in [2.24, 2.45) is 0 Å². The Hall–Kier alpha value is -5.69. The van der Waals surface area contributed by atoms with Crippen LogP contribution in [0.1, 0.15) is 79.0 Å². The zero-order chi connectivity index (χ0) is 42.9. The van der Waals surface area contributed by atoms with Gasteiger partial charge >= 0.3 is 0 Å². The first kappa shape index (κ1) is 39.2. The minimum Gasteiger partial charge on any atom is -0.311 e. The summed E-state index contributed by atoms with van der Waals surface area (Å²) >= 11 is 3.88. The molecule has 0 atom stereocenters. The fraction of sp³-hybridized carbons (Fsp3) is 0.214. The fourth-order valence-corrected chi connectivity index (χ4v) is 12.4. The average molecular weight is 842 g/mol. The largest absolute Gasteiger partial charge is 0.311 e. The topological polar surface area (TPSA) is 9.72 Å². The fourth-order valence-electron chi connectivity index (χ4n) is 9.79. The van der Waals surface area contributed by atoms with Crippen LogP contribution >= 0.6 is 23.1 Å². The van der Waals surface area contributed by atoms with Crippen LogP contribution in [-0.2, 0) is 16.2 Å². The predicted octanol–water partition coefficient (Wildman–Crippen LogP) is 14.8. The second-order valence-corrected chi connectivity index (χ2v) is 22.4. The first-order valence-electron chi connectivity index (χ1n) is 22.0. The summed E-state index contributed by atoms with van der Waals surface area (Å²) in [5, 5.41) is 1.29. The van der Waals surface area contributed by atoms with Gasteiger partial charge in [-0.05, 0) is 117 Å². The number of thiophene rings is 1. The van der Waals surface area contributed by atoms with Crippen LogP contribution in [0, 0.1) is 0 Å². The molecule has 11 rings (SSSR count). The van der Waals surface area contributed by atoms with E-state index in [0.717, 1.165) is 0 Å². The monoisotopic (exact) mass is 841 g/mol. The van der Waals surface area contributed by atoms with Gasteiger partial charge in [-0.2, -0.15) is 0 Å². The average Bonchev–Trinajstić information content (AvgIpc) is 3.64. The van der Waals surface area contributed by atoms with Gasteiger partial charge < -0.3 is 14.7 Å². The summed E-state index contributed by atoms with van der Waals surface area (Å²) in [6.45, 7) is 20.8. The van der Waals surface area contributed by atoms with Gasteiger partial charge in [-0.15, -0.1) is 11.3 Å². The molecule has 0 saturated carbocycles. The number of hydrogen-bond donors (Lipinski definition) is 0. The quantitative estimate of drug-likeness (QED) is 0.164. The molecule has 0 unspecified atom stereocenters. The van der Waals surface area contributed by atoms with Crippen LogP contribution in [-0.4, -0.2) is 6.71 Å². The highest BCUT2D eigenvalue weighted by Crippen LogP contribution is 2.57. The molecular formula is C56H52BN3S2. The molecule has 0 bridgehead atoms. The van der Waals surface area contributed by atoms with Gasteiger partial charge in [-0.1, -0.05) is 153 Å². The molecule has 0 fully saturated rings. The molecule has 306 valence electrons. The molecular weight excluding hydrogens is 790 g/mol. The van der Waals surface area contributed by atoms with Crippen molar-refractivity contribution in [3.63, 3.8) is 0 Å². The molecule has 0 aliphatic carbocycles. The van der Waals surface area contributed by atoms with E-state index in [4.69, 9.17) is 0 Å². The molecule has 0 radical (unpaired) electrons. The Morgan fingerprint density at radius 3 is 1.60 bits per heavy atom. The molecule has 62 heavy (non-hydrogen) atoms. The summed E-state index contributed by atoms with van der Waals surface area (Å²) in [5.41, 5.74) is 17.9. The molecule has 0 N–H and O–H groups in total. The molecule has 3 aliphatic heterocycles. The van der Waals surface area contributed by atoms with Crippen molar-refractivity contribution in [2.45, 2.75) is 88.3 Å². The first-order chi connectivity index (χ1) is 29.7. The second kappa shape index (κ2) is 13.9. The van der Waals surface area contributed by atoms with E-state index in [1.807, 2.05) is 23.1 Å². The standard InChI is InChI=1S/C56H52BN3S2/c1-54(2,3)35-22-27-39(28-23-35)58-43-32-26-37(56(7,8)9)34-42(43)57-49-45(58)19-15-20-46(49)60(40-29-24-36(25-30-40)55(4,5)6)50-41-31-33-48-51(52(41)62-53(50)57)59(38-16-11-10-12-17-38)44-18-13-14-21-47(44)61-48/h10-34H,1-9H3. The third-order valence-corrected chi connectivity index (χ3v) is 15.5. The summed E-state index contributed by atoms with van der Waals surface area (Å²) in [4.78, 5) is 10.2. The van der Waals surface area contributed by atoms with Crippen molar-refractivity contribution in [2.75, 3.05) is 14.7 Å². The third kappa shape index (κ3) is 6.08. The van der Waals surface area contributed by atoms with Crippen molar-refractivity contribution >= 4 is 107 Å². The van der Waals surface area contributed by atoms with Crippen molar-refractivity contribution in [1.82, 2.24) is 0 Å². The van der Waals surface area contributed by atoms with Crippen molar-refractivity contribution in [3.05, 3.63) is 168 Å². The maximum Gasteiger partial charge on any atom is 0.264 e. The molecule has 6 heteroatoms. The Kier molecular flexibility index (Phi) is 8.79. The van der Waals surface area contributed by atoms with E-state index >= 15 is 0 Å². The Morgan fingerprint density at radius 2 is 0.952 bits per heavy atom. The van der Waals surface area contributed by atoms with E-state index in [2.05, 4.69) is 229 Å². The summed E-state index contributed by atoms with van der Waals surface area (Å²) in [6, 6.07) is 57.6. The van der Waals surface area contributed by atoms with E-state index in [1.54, 1.807) is 0 Å². The molecule has 1 aromatic heterocycles. The van der Waals surface area contributed by atoms with Crippen molar-refractivity contribution < 1.29 is 0 Å². The smallest absolute Gasteiger partial charge is 0.264 e. The summed E-state index contributed by atoms with van der Waals surface area (Å²) in [5.74, 6) is 0. The molecule has 3 nitrogen and oxygen atoms in total. The molecule has 7 aromatic carbocycles. The van der Waals surface area contributed by atoms with Gasteiger partial charge in [0, 0.05) is 54.1 Å². The Balaban J connectivity index is 1.23. The minimum absolute atomic E-state index is 0.0214. The first-order valence-corrected chi connectivity index (χ1v) is 23.6. The third-order valence-electron chi connectivity index (χ3n) is 13.1. The van der Waals surface area contributed by atoms with Crippen LogP contribution in [0.15, 0.2) is 161 Å². The lowest BCUT2D eigenvalue weighted by molar-refractivity contribution is 0.590. The minimum atomic E-state index is -0.0214. The lowest BCUT2D eigenvalue weighted by atomic mass is 9.36. The van der Waals surface area contributed by atoms with Gasteiger partial charge in [-0.25, -0.2) is 0 Å². The highest BCUT2D eigenvalue weighted by molar-refractivity contribution is 7.99. The zero-order valence-electron chi connectivity index (χ0n) is 37.2. The Morgan fingerprint density at radius 1 is 0.419 bits per heavy atom. The van der Waals surface area contributed by atoms with Crippen molar-refractivity contribution in [3.8, 4) is 0 Å². The van der Waals surface area contributed by atoms with Gasteiger partial charge in [0.1, 0.15) is 0 Å². The van der Waals surface area contributed by atoms with Crippen LogP contribution < -0.4 is 30.4 Å². The number of hydrogen-bond acceptors (Lipinski definition) is 5. The van der Waals surface area contributed by atoms with Gasteiger partial charge in [0.25, 0.3) is 6.71 Å². The zero-order valence-corrected chi connectivity index (χ0v) is 38.8. The number of rotatable bonds is 3. The lowest BCUT2D eigenvalue weighted by Crippen LogP contribution is -2.60. The Bertz CT molecular complexity index is 3060. The van der Waals surface area contributed by atoms with Crippen LogP contribution in [0.4, 0.5) is 51.2 Å². The number of benzene rings is 7. The molecule has 3 aliphatic rings. The number of nitrogens with zero attached hydrogens (tertiary/aromatic N) is 3. The molecule has 4 heterocycles. The van der Waals surface area contributed by atoms with Gasteiger partial charge in [0.05, 0.1) is 21.8 Å². The van der Waals surface area contributed by atoms with E-state index in [-0.39, 0.29) is 23.0 Å². The molecule has 8 aromatic rings. The van der Waals surface area contributed by atoms with Gasteiger partial charge in [0.2, 0.25) is 0 Å². The normalized spacial score (nSPS) is 14.3. The highest BCUT2D eigenvalue weighted by atomic mass is 32.2. The lowest BCUT2D eigenvalue weighted by Gasteiger charge is -2.43. The number of anilines is 9. The van der Waals surface area contributed by atoms with E-state index < -0.39 is 0 Å². The van der Waals surface area contributed by atoms with Crippen LogP contribution in [0.5, 0.6) is 0 Å². The SMILES string of the molecule is CC(C)(C)c1ccc(N2c3ccc(C(C)(C)C)cc3B3c4sc5c6c(ccc5c4N(c4ccc(C(C)(C)C)cc4)c4cccc2c43)Sc2ccccc2N6c2ccccc2)cc1. The second-order valence-electron chi connectivity index (χ2n) is 20.3. The summed E-state index contributed by atoms with van der Waals surface area (Å²) in [6.07, 6.45) is 0. The van der Waals surface area contributed by atoms with E-state index in [9.17, 15) is 0 Å². The van der Waals surface area contributed by atoms with Crippen LogP contribution in [0.25, 0.3) is 10.1 Å². The number of fused-ring (bicyclic) bond motifs is 9. The molecule has 0 spiro atoms. The summed E-state index contributed by atoms with van der Waals surface area (Å²) < 4.78 is 2.71. The molecule has 0 amide bonds. The van der Waals surface area contributed by atoms with E-state index in [1.165, 1.54) is 103 Å². The van der Waals surface area contributed by atoms with Gasteiger partial charge in [0.15, 0.2) is 0 Å².